The predicted octanol–water partition coefficient (Wildman–Crippen LogP) is 4.56. The van der Waals surface area contributed by atoms with Gasteiger partial charge in [-0.15, -0.1) is 0 Å². The number of nitrogens with one attached hydrogen (secondary N) is 1. The fraction of sp³-hybridized carbons (Fsp3) is 0.360. The molecule has 1 aliphatic heterocycles. The summed E-state index contributed by atoms with van der Waals surface area (Å²) in [6, 6.07) is 15.9. The number of carbonyl (C=O) groups excluding carboxylic acids is 2. The van der Waals surface area contributed by atoms with E-state index in [-0.39, 0.29) is 17.7 Å². The van der Waals surface area contributed by atoms with E-state index in [2.05, 4.69) is 29.4 Å². The van der Waals surface area contributed by atoms with Crippen molar-refractivity contribution in [3.63, 3.8) is 0 Å². The molecule has 1 saturated heterocycles. The molecule has 1 N–H and O–H groups in total. The zero-order valence-corrected chi connectivity index (χ0v) is 17.3. The number of aromatic amines is 1. The van der Waals surface area contributed by atoms with E-state index in [1.807, 2.05) is 35.2 Å². The molecule has 0 bridgehead atoms. The molecule has 1 aliphatic carbocycles. The molecule has 1 aromatic heterocycles. The molecule has 5 nitrogen and oxygen atoms in total. The minimum Gasteiger partial charge on any atom is -0.361 e. The molecule has 0 spiro atoms. The van der Waals surface area contributed by atoms with Crippen LogP contribution in [0.1, 0.15) is 47.5 Å². The summed E-state index contributed by atoms with van der Waals surface area (Å²) in [4.78, 5) is 32.8. The number of amides is 2. The number of para-hydroxylation sites is 2. The van der Waals surface area contributed by atoms with E-state index in [1.54, 1.807) is 11.9 Å². The summed E-state index contributed by atoms with van der Waals surface area (Å²) in [6.45, 7) is 1.47. The van der Waals surface area contributed by atoms with Gasteiger partial charge in [0.15, 0.2) is 0 Å². The lowest BCUT2D eigenvalue weighted by atomic mass is 9.89. The van der Waals surface area contributed by atoms with Crippen LogP contribution < -0.4 is 4.90 Å². The summed E-state index contributed by atoms with van der Waals surface area (Å²) in [5.74, 6) is 0.733. The third-order valence-corrected chi connectivity index (χ3v) is 6.60. The van der Waals surface area contributed by atoms with Crippen molar-refractivity contribution in [1.82, 2.24) is 9.88 Å². The molecule has 3 aromatic rings. The number of carbonyl (C=O) groups is 2. The monoisotopic (exact) mass is 401 g/mol. The molecule has 5 rings (SSSR count). The molecule has 0 radical (unpaired) electrons. The Bertz CT molecular complexity index is 1090. The number of hydrogen-bond donors (Lipinski definition) is 1. The second-order valence-electron chi connectivity index (χ2n) is 8.54. The van der Waals surface area contributed by atoms with Crippen LogP contribution >= 0.6 is 0 Å². The van der Waals surface area contributed by atoms with Crippen molar-refractivity contribution >= 4 is 28.4 Å². The third kappa shape index (κ3) is 3.38. The maximum absolute atomic E-state index is 13.3. The molecule has 2 heterocycles. The number of likely N-dealkylation sites (tertiary alicyclic amines) is 1. The Morgan fingerprint density at radius 2 is 1.67 bits per heavy atom. The largest absolute Gasteiger partial charge is 0.361 e. The molecule has 30 heavy (non-hydrogen) atoms. The third-order valence-electron chi connectivity index (χ3n) is 6.60. The van der Waals surface area contributed by atoms with Gasteiger partial charge >= 0.3 is 0 Å². The van der Waals surface area contributed by atoms with Crippen LogP contribution in [0.25, 0.3) is 10.9 Å². The van der Waals surface area contributed by atoms with Crippen LogP contribution in [0.3, 0.4) is 0 Å². The Balaban J connectivity index is 1.31. The Morgan fingerprint density at radius 3 is 2.43 bits per heavy atom. The standard InChI is InChI=1S/C25H27N3O2/c1-27(24(29)18-10-11-18)23-9-5-3-7-20(23)25(30)28-14-12-17(13-15-28)21-16-26-22-8-4-2-6-19(21)22/h2-9,16-18,26H,10-15H2,1H3. The summed E-state index contributed by atoms with van der Waals surface area (Å²) >= 11 is 0. The number of hydrogen-bond acceptors (Lipinski definition) is 2. The van der Waals surface area contributed by atoms with Gasteiger partial charge in [-0.05, 0) is 55.4 Å². The Kier molecular flexibility index (Phi) is 4.81. The normalized spacial score (nSPS) is 17.3. The highest BCUT2D eigenvalue weighted by Crippen LogP contribution is 2.35. The molecular weight excluding hydrogens is 374 g/mol. The van der Waals surface area contributed by atoms with Gasteiger partial charge in [0.25, 0.3) is 5.91 Å². The smallest absolute Gasteiger partial charge is 0.255 e. The zero-order chi connectivity index (χ0) is 20.7. The highest BCUT2D eigenvalue weighted by atomic mass is 16.2. The lowest BCUT2D eigenvalue weighted by molar-refractivity contribution is -0.119. The Labute approximate surface area is 176 Å². The van der Waals surface area contributed by atoms with Crippen molar-refractivity contribution in [3.05, 3.63) is 65.9 Å². The topological polar surface area (TPSA) is 56.4 Å². The first-order chi connectivity index (χ1) is 14.6. The van der Waals surface area contributed by atoms with Crippen molar-refractivity contribution < 1.29 is 9.59 Å². The van der Waals surface area contributed by atoms with Crippen molar-refractivity contribution in [2.75, 3.05) is 25.0 Å². The molecule has 5 heteroatoms. The molecule has 0 unspecified atom stereocenters. The highest BCUT2D eigenvalue weighted by Gasteiger charge is 2.34. The van der Waals surface area contributed by atoms with Crippen molar-refractivity contribution in [2.45, 2.75) is 31.6 Å². The number of piperidine rings is 1. The van der Waals surface area contributed by atoms with Gasteiger partial charge in [0, 0.05) is 43.2 Å². The molecule has 2 fully saturated rings. The van der Waals surface area contributed by atoms with E-state index < -0.39 is 0 Å². The average molecular weight is 402 g/mol. The van der Waals surface area contributed by atoms with Gasteiger partial charge in [0.1, 0.15) is 0 Å². The molecule has 1 saturated carbocycles. The predicted molar refractivity (Wildman–Crippen MR) is 119 cm³/mol. The molecule has 2 aliphatic rings. The van der Waals surface area contributed by atoms with Crippen molar-refractivity contribution in [3.8, 4) is 0 Å². The first kappa shape index (κ1) is 18.9. The number of rotatable bonds is 4. The minimum atomic E-state index is 0.0263. The van der Waals surface area contributed by atoms with Crippen LogP contribution in [0, 0.1) is 5.92 Å². The second-order valence-corrected chi connectivity index (χ2v) is 8.54. The quantitative estimate of drug-likeness (QED) is 0.697. The first-order valence-electron chi connectivity index (χ1n) is 10.9. The van der Waals surface area contributed by atoms with E-state index in [4.69, 9.17) is 0 Å². The maximum Gasteiger partial charge on any atom is 0.255 e. The fourth-order valence-corrected chi connectivity index (χ4v) is 4.67. The fourth-order valence-electron chi connectivity index (χ4n) is 4.67. The van der Waals surface area contributed by atoms with Crippen molar-refractivity contribution in [1.29, 1.82) is 0 Å². The molecule has 2 amide bonds. The lowest BCUT2D eigenvalue weighted by Gasteiger charge is -2.33. The van der Waals surface area contributed by atoms with E-state index in [0.717, 1.165) is 44.5 Å². The average Bonchev–Trinajstić information content (AvgIpc) is 3.56. The lowest BCUT2D eigenvalue weighted by Crippen LogP contribution is -2.39. The number of benzene rings is 2. The highest BCUT2D eigenvalue weighted by molar-refractivity contribution is 6.05. The first-order valence-corrected chi connectivity index (χ1v) is 10.9. The SMILES string of the molecule is CN(C(=O)C1CC1)c1ccccc1C(=O)N1CCC(c2c[nH]c3ccccc23)CC1. The molecule has 0 atom stereocenters. The van der Waals surface area contributed by atoms with E-state index >= 15 is 0 Å². The van der Waals surface area contributed by atoms with Crippen LogP contribution in [0.2, 0.25) is 0 Å². The molecule has 2 aromatic carbocycles. The Morgan fingerprint density at radius 1 is 0.967 bits per heavy atom. The summed E-state index contributed by atoms with van der Waals surface area (Å²) < 4.78 is 0. The van der Waals surface area contributed by atoms with Gasteiger partial charge in [-0.25, -0.2) is 0 Å². The maximum atomic E-state index is 13.3. The van der Waals surface area contributed by atoms with Gasteiger partial charge in [-0.1, -0.05) is 30.3 Å². The van der Waals surface area contributed by atoms with Crippen molar-refractivity contribution in [2.24, 2.45) is 5.92 Å². The number of H-pyrrole nitrogens is 1. The summed E-state index contributed by atoms with van der Waals surface area (Å²) in [5, 5.41) is 1.29. The second kappa shape index (κ2) is 7.63. The van der Waals surface area contributed by atoms with Crippen LogP contribution in [-0.4, -0.2) is 41.8 Å². The van der Waals surface area contributed by atoms with E-state index in [1.165, 1.54) is 16.5 Å². The van der Waals surface area contributed by atoms with Crippen LogP contribution in [-0.2, 0) is 4.79 Å². The summed E-state index contributed by atoms with van der Waals surface area (Å²) in [6.07, 6.45) is 5.95. The number of nitrogens with zero attached hydrogens (tertiary/aromatic N) is 2. The van der Waals surface area contributed by atoms with E-state index in [0.29, 0.717) is 11.5 Å². The van der Waals surface area contributed by atoms with Gasteiger partial charge in [-0.3, -0.25) is 9.59 Å². The number of anilines is 1. The van der Waals surface area contributed by atoms with Gasteiger partial charge in [-0.2, -0.15) is 0 Å². The van der Waals surface area contributed by atoms with E-state index in [9.17, 15) is 9.59 Å². The minimum absolute atomic E-state index is 0.0263. The van der Waals surface area contributed by atoms with Crippen LogP contribution in [0.5, 0.6) is 0 Å². The number of fused-ring (bicyclic) bond motifs is 1. The number of aromatic nitrogens is 1. The van der Waals surface area contributed by atoms with Crippen LogP contribution in [0.15, 0.2) is 54.7 Å². The molecular formula is C25H27N3O2. The summed E-state index contributed by atoms with van der Waals surface area (Å²) in [7, 11) is 1.79. The summed E-state index contributed by atoms with van der Waals surface area (Å²) in [5.41, 5.74) is 3.87. The zero-order valence-electron chi connectivity index (χ0n) is 17.3. The Hall–Kier alpha value is -3.08. The van der Waals surface area contributed by atoms with Gasteiger partial charge in [0.2, 0.25) is 5.91 Å². The van der Waals surface area contributed by atoms with Gasteiger partial charge in [0.05, 0.1) is 11.3 Å². The van der Waals surface area contributed by atoms with Crippen LogP contribution in [0.4, 0.5) is 5.69 Å². The van der Waals surface area contributed by atoms with Gasteiger partial charge < -0.3 is 14.8 Å². The molecule has 154 valence electrons.